The van der Waals surface area contributed by atoms with E-state index in [-0.39, 0.29) is 11.4 Å². The highest BCUT2D eigenvalue weighted by atomic mass is 32.2. The van der Waals surface area contributed by atoms with Crippen molar-refractivity contribution < 1.29 is 17.6 Å². The zero-order chi connectivity index (χ0) is 17.4. The zero-order valence-electron chi connectivity index (χ0n) is 13.7. The number of nitrogens with one attached hydrogen (secondary N) is 1. The molecule has 2 aliphatic rings. The summed E-state index contributed by atoms with van der Waals surface area (Å²) in [5.74, 6) is -0.401. The van der Waals surface area contributed by atoms with Gasteiger partial charge in [-0.3, -0.25) is 0 Å². The van der Waals surface area contributed by atoms with Gasteiger partial charge in [0.25, 0.3) is 0 Å². The van der Waals surface area contributed by atoms with Crippen molar-refractivity contribution in [2.75, 3.05) is 37.8 Å². The second-order valence-corrected chi connectivity index (χ2v) is 8.79. The third-order valence-electron chi connectivity index (χ3n) is 4.90. The van der Waals surface area contributed by atoms with Gasteiger partial charge < -0.3 is 10.2 Å². The van der Waals surface area contributed by atoms with Crippen molar-refractivity contribution in [1.29, 1.82) is 0 Å². The molecule has 1 aromatic carbocycles. The van der Waals surface area contributed by atoms with Gasteiger partial charge in [-0.15, -0.1) is 0 Å². The molecule has 3 rings (SSSR count). The minimum atomic E-state index is -3.21. The molecule has 1 aromatic rings. The fourth-order valence-corrected chi connectivity index (χ4v) is 4.63. The smallest absolute Gasteiger partial charge is 0.321 e. The summed E-state index contributed by atoms with van der Waals surface area (Å²) in [5, 5.41) is 2.70. The standard InChI is InChI=1S/C16H22FN3O3S/c1-24(22,23)20-8-3-6-16(12-20)7-9-19(11-16)15(21)18-14-5-2-4-13(17)10-14/h2,4-5,10H,3,6-9,11-12H2,1H3,(H,18,21)/t16-/m0/s1. The Morgan fingerprint density at radius 1 is 1.25 bits per heavy atom. The van der Waals surface area contributed by atoms with Crippen LogP contribution in [0.4, 0.5) is 14.9 Å². The fraction of sp³-hybridized carbons (Fsp3) is 0.562. The Kier molecular flexibility index (Phi) is 4.52. The van der Waals surface area contributed by atoms with Crippen LogP contribution >= 0.6 is 0 Å². The predicted molar refractivity (Wildman–Crippen MR) is 89.7 cm³/mol. The Bertz CT molecular complexity index is 740. The van der Waals surface area contributed by atoms with Gasteiger partial charge in [-0.05, 0) is 37.5 Å². The fourth-order valence-electron chi connectivity index (χ4n) is 3.66. The molecule has 0 radical (unpaired) electrons. The molecular formula is C16H22FN3O3S. The Labute approximate surface area is 141 Å². The van der Waals surface area contributed by atoms with Gasteiger partial charge in [0.05, 0.1) is 6.26 Å². The Morgan fingerprint density at radius 3 is 2.75 bits per heavy atom. The highest BCUT2D eigenvalue weighted by Gasteiger charge is 2.44. The first-order valence-corrected chi connectivity index (χ1v) is 9.89. The quantitative estimate of drug-likeness (QED) is 0.883. The number of sulfonamides is 1. The van der Waals surface area contributed by atoms with Gasteiger partial charge in [0, 0.05) is 37.3 Å². The number of anilines is 1. The van der Waals surface area contributed by atoms with Crippen LogP contribution < -0.4 is 5.32 Å². The van der Waals surface area contributed by atoms with Crippen molar-refractivity contribution in [2.24, 2.45) is 5.41 Å². The number of amides is 2. The van der Waals surface area contributed by atoms with Crippen LogP contribution in [0.15, 0.2) is 24.3 Å². The lowest BCUT2D eigenvalue weighted by Crippen LogP contribution is -2.47. The highest BCUT2D eigenvalue weighted by molar-refractivity contribution is 7.88. The topological polar surface area (TPSA) is 69.7 Å². The number of carbonyl (C=O) groups excluding carboxylic acids is 1. The molecule has 132 valence electrons. The summed E-state index contributed by atoms with van der Waals surface area (Å²) in [5.41, 5.74) is 0.253. The summed E-state index contributed by atoms with van der Waals surface area (Å²) in [7, 11) is -3.21. The number of hydrogen-bond acceptors (Lipinski definition) is 3. The van der Waals surface area contributed by atoms with E-state index in [1.54, 1.807) is 17.0 Å². The van der Waals surface area contributed by atoms with Crippen molar-refractivity contribution in [3.8, 4) is 0 Å². The predicted octanol–water partition coefficient (Wildman–Crippen LogP) is 2.11. The van der Waals surface area contributed by atoms with Crippen LogP contribution in [0.5, 0.6) is 0 Å². The minimum absolute atomic E-state index is 0.166. The van der Waals surface area contributed by atoms with Gasteiger partial charge in [-0.25, -0.2) is 21.9 Å². The molecule has 1 atom stereocenters. The van der Waals surface area contributed by atoms with Crippen molar-refractivity contribution >= 4 is 21.7 Å². The molecule has 0 aromatic heterocycles. The van der Waals surface area contributed by atoms with Gasteiger partial charge in [0.15, 0.2) is 0 Å². The summed E-state index contributed by atoms with van der Waals surface area (Å²) >= 11 is 0. The van der Waals surface area contributed by atoms with Crippen LogP contribution in [0.2, 0.25) is 0 Å². The van der Waals surface area contributed by atoms with Crippen LogP contribution in [0.3, 0.4) is 0 Å². The molecule has 2 amide bonds. The van der Waals surface area contributed by atoms with Crippen molar-refractivity contribution in [3.63, 3.8) is 0 Å². The average molecular weight is 355 g/mol. The van der Waals surface area contributed by atoms with Crippen LogP contribution in [0.1, 0.15) is 19.3 Å². The molecule has 1 N–H and O–H groups in total. The van der Waals surface area contributed by atoms with E-state index in [0.717, 1.165) is 19.3 Å². The Balaban J connectivity index is 1.65. The maximum absolute atomic E-state index is 13.2. The highest BCUT2D eigenvalue weighted by Crippen LogP contribution is 2.39. The summed E-state index contributed by atoms with van der Waals surface area (Å²) in [6.07, 6.45) is 3.75. The molecule has 2 heterocycles. The summed E-state index contributed by atoms with van der Waals surface area (Å²) in [6, 6.07) is 5.51. The van der Waals surface area contributed by atoms with Crippen molar-refractivity contribution in [3.05, 3.63) is 30.1 Å². The second-order valence-electron chi connectivity index (χ2n) is 6.81. The first-order valence-electron chi connectivity index (χ1n) is 8.04. The van der Waals surface area contributed by atoms with Crippen LogP contribution in [-0.4, -0.2) is 56.1 Å². The number of halogens is 1. The molecule has 2 saturated heterocycles. The Hall–Kier alpha value is -1.67. The van der Waals surface area contributed by atoms with Crippen LogP contribution in [0, 0.1) is 11.2 Å². The van der Waals surface area contributed by atoms with Gasteiger partial charge in [-0.1, -0.05) is 6.07 Å². The van der Waals surface area contributed by atoms with E-state index in [2.05, 4.69) is 5.32 Å². The normalized spacial score (nSPS) is 25.2. The lowest BCUT2D eigenvalue weighted by atomic mass is 9.80. The van der Waals surface area contributed by atoms with Gasteiger partial charge >= 0.3 is 6.03 Å². The molecule has 0 unspecified atom stereocenters. The number of rotatable bonds is 2. The second kappa shape index (κ2) is 6.33. The zero-order valence-corrected chi connectivity index (χ0v) is 14.5. The molecule has 1 spiro atoms. The van der Waals surface area contributed by atoms with Crippen molar-refractivity contribution in [1.82, 2.24) is 9.21 Å². The summed E-state index contributed by atoms with van der Waals surface area (Å²) in [4.78, 5) is 14.1. The minimum Gasteiger partial charge on any atom is -0.324 e. The number of carbonyl (C=O) groups is 1. The molecule has 8 heteroatoms. The Morgan fingerprint density at radius 2 is 2.04 bits per heavy atom. The summed E-state index contributed by atoms with van der Waals surface area (Å²) in [6.45, 7) is 2.13. The van der Waals surface area contributed by atoms with Gasteiger partial charge in [0.1, 0.15) is 5.82 Å². The molecular weight excluding hydrogens is 333 g/mol. The van der Waals surface area contributed by atoms with E-state index >= 15 is 0 Å². The molecule has 0 bridgehead atoms. The number of urea groups is 1. The van der Waals surface area contributed by atoms with E-state index in [1.165, 1.54) is 22.7 Å². The maximum atomic E-state index is 13.2. The van der Waals surface area contributed by atoms with Gasteiger partial charge in [-0.2, -0.15) is 0 Å². The number of benzene rings is 1. The third-order valence-corrected chi connectivity index (χ3v) is 6.15. The van der Waals surface area contributed by atoms with Gasteiger partial charge in [0.2, 0.25) is 10.0 Å². The average Bonchev–Trinajstić information content (AvgIpc) is 2.90. The number of hydrogen-bond donors (Lipinski definition) is 1. The third kappa shape index (κ3) is 3.70. The first kappa shape index (κ1) is 17.2. The van der Waals surface area contributed by atoms with E-state index in [0.29, 0.717) is 31.9 Å². The van der Waals surface area contributed by atoms with E-state index in [1.807, 2.05) is 0 Å². The molecule has 2 fully saturated rings. The molecule has 6 nitrogen and oxygen atoms in total. The van der Waals surface area contributed by atoms with Crippen LogP contribution in [0.25, 0.3) is 0 Å². The lowest BCUT2D eigenvalue weighted by molar-refractivity contribution is 0.152. The van der Waals surface area contributed by atoms with E-state index < -0.39 is 15.8 Å². The van der Waals surface area contributed by atoms with Crippen molar-refractivity contribution in [2.45, 2.75) is 19.3 Å². The molecule has 0 aliphatic carbocycles. The number of likely N-dealkylation sites (tertiary alicyclic amines) is 1. The maximum Gasteiger partial charge on any atom is 0.321 e. The number of piperidine rings is 1. The molecule has 0 saturated carbocycles. The number of nitrogens with zero attached hydrogens (tertiary/aromatic N) is 2. The summed E-state index contributed by atoms with van der Waals surface area (Å²) < 4.78 is 38.4. The van der Waals surface area contributed by atoms with Crippen LogP contribution in [-0.2, 0) is 10.0 Å². The lowest BCUT2D eigenvalue weighted by Gasteiger charge is -2.39. The largest absolute Gasteiger partial charge is 0.324 e. The van der Waals surface area contributed by atoms with E-state index in [9.17, 15) is 17.6 Å². The monoisotopic (exact) mass is 355 g/mol. The molecule has 24 heavy (non-hydrogen) atoms. The van der Waals surface area contributed by atoms with E-state index in [4.69, 9.17) is 0 Å². The SMILES string of the molecule is CS(=O)(=O)N1CCC[C@@]2(CCN(C(=O)Nc3cccc(F)c3)C2)C1. The molecule has 2 aliphatic heterocycles. The first-order chi connectivity index (χ1) is 11.3.